The molecule has 0 bridgehead atoms. The molecule has 18 heavy (non-hydrogen) atoms. The van der Waals surface area contributed by atoms with Gasteiger partial charge in [0.2, 0.25) is 0 Å². The first kappa shape index (κ1) is 11.8. The van der Waals surface area contributed by atoms with Crippen molar-refractivity contribution in [3.8, 4) is 0 Å². The molecule has 0 fully saturated rings. The molecule has 0 aliphatic rings. The van der Waals surface area contributed by atoms with Crippen molar-refractivity contribution < 1.29 is 0 Å². The van der Waals surface area contributed by atoms with Crippen molar-refractivity contribution in [2.45, 2.75) is 26.2 Å². The molecular formula is C16H16BrN. The maximum atomic E-state index is 3.54. The Balaban J connectivity index is 2.34. The van der Waals surface area contributed by atoms with Crippen molar-refractivity contribution in [1.29, 1.82) is 0 Å². The Morgan fingerprint density at radius 1 is 0.889 bits per heavy atom. The summed E-state index contributed by atoms with van der Waals surface area (Å²) in [5, 5.41) is 2.57. The third-order valence-corrected chi connectivity index (χ3v) is 3.92. The Bertz CT molecular complexity index is 732. The Morgan fingerprint density at radius 3 is 2.39 bits per heavy atom. The number of halogens is 1. The van der Waals surface area contributed by atoms with E-state index in [-0.39, 0.29) is 5.41 Å². The number of benzene rings is 2. The van der Waals surface area contributed by atoms with E-state index in [9.17, 15) is 0 Å². The summed E-state index contributed by atoms with van der Waals surface area (Å²) in [7, 11) is 0. The predicted molar refractivity (Wildman–Crippen MR) is 82.2 cm³/mol. The molecule has 1 nitrogen and oxygen atoms in total. The fourth-order valence-electron chi connectivity index (χ4n) is 2.34. The summed E-state index contributed by atoms with van der Waals surface area (Å²) < 4.78 is 1.12. The van der Waals surface area contributed by atoms with Crippen molar-refractivity contribution in [2.24, 2.45) is 0 Å². The average molecular weight is 302 g/mol. The van der Waals surface area contributed by atoms with Crippen molar-refractivity contribution >= 4 is 37.7 Å². The summed E-state index contributed by atoms with van der Waals surface area (Å²) in [6, 6.07) is 13.1. The highest BCUT2D eigenvalue weighted by atomic mass is 79.9. The van der Waals surface area contributed by atoms with Crippen molar-refractivity contribution in [1.82, 2.24) is 4.98 Å². The van der Waals surface area contributed by atoms with Gasteiger partial charge < -0.3 is 4.98 Å². The zero-order valence-corrected chi connectivity index (χ0v) is 12.4. The van der Waals surface area contributed by atoms with Crippen molar-refractivity contribution in [2.75, 3.05) is 0 Å². The van der Waals surface area contributed by atoms with Gasteiger partial charge in [0.1, 0.15) is 0 Å². The number of hydrogen-bond acceptors (Lipinski definition) is 0. The van der Waals surface area contributed by atoms with E-state index < -0.39 is 0 Å². The molecule has 0 saturated carbocycles. The van der Waals surface area contributed by atoms with E-state index in [4.69, 9.17) is 0 Å². The highest BCUT2D eigenvalue weighted by molar-refractivity contribution is 9.10. The Labute approximate surface area is 115 Å². The molecule has 0 saturated heterocycles. The fourth-order valence-corrected chi connectivity index (χ4v) is 2.70. The van der Waals surface area contributed by atoms with Gasteiger partial charge >= 0.3 is 0 Å². The average Bonchev–Trinajstić information content (AvgIpc) is 2.65. The van der Waals surface area contributed by atoms with Gasteiger partial charge in [0.25, 0.3) is 0 Å². The minimum Gasteiger partial charge on any atom is -0.355 e. The smallest absolute Gasteiger partial charge is 0.0467 e. The number of rotatable bonds is 0. The molecule has 0 amide bonds. The summed E-state index contributed by atoms with van der Waals surface area (Å²) >= 11 is 3.54. The maximum absolute atomic E-state index is 3.54. The molecule has 0 aliphatic carbocycles. The first-order valence-corrected chi connectivity index (χ1v) is 6.96. The second-order valence-corrected chi connectivity index (χ2v) is 6.74. The predicted octanol–water partition coefficient (Wildman–Crippen LogP) is 5.38. The molecule has 92 valence electrons. The summed E-state index contributed by atoms with van der Waals surface area (Å²) in [4.78, 5) is 3.50. The standard InChI is InChI=1S/C16H16BrN/c1-16(2,3)10-4-6-12-13-9-11(17)5-7-14(13)18-15(12)8-10/h4-9,18H,1-3H3. The van der Waals surface area contributed by atoms with E-state index in [2.05, 4.69) is 78.1 Å². The van der Waals surface area contributed by atoms with Crippen LogP contribution in [0.2, 0.25) is 0 Å². The summed E-state index contributed by atoms with van der Waals surface area (Å²) in [5.74, 6) is 0. The lowest BCUT2D eigenvalue weighted by molar-refractivity contribution is 0.591. The number of H-pyrrole nitrogens is 1. The van der Waals surface area contributed by atoms with Gasteiger partial charge in [-0.25, -0.2) is 0 Å². The molecule has 2 heteroatoms. The van der Waals surface area contributed by atoms with Gasteiger partial charge in [0, 0.05) is 26.3 Å². The Kier molecular flexibility index (Phi) is 2.53. The van der Waals surface area contributed by atoms with Crippen LogP contribution < -0.4 is 0 Å². The van der Waals surface area contributed by atoms with Crippen molar-refractivity contribution in [3.63, 3.8) is 0 Å². The third kappa shape index (κ3) is 1.85. The van der Waals surface area contributed by atoms with E-state index in [0.717, 1.165) is 4.47 Å². The van der Waals surface area contributed by atoms with Gasteiger partial charge in [-0.3, -0.25) is 0 Å². The largest absolute Gasteiger partial charge is 0.355 e. The van der Waals surface area contributed by atoms with Crippen LogP contribution in [0.15, 0.2) is 40.9 Å². The van der Waals surface area contributed by atoms with Gasteiger partial charge in [0.05, 0.1) is 0 Å². The monoisotopic (exact) mass is 301 g/mol. The molecule has 3 aromatic rings. The van der Waals surface area contributed by atoms with Crippen molar-refractivity contribution in [3.05, 3.63) is 46.4 Å². The summed E-state index contributed by atoms with van der Waals surface area (Å²) in [5.41, 5.74) is 3.96. The Hall–Kier alpha value is -1.28. The van der Waals surface area contributed by atoms with Crippen LogP contribution in [0, 0.1) is 0 Å². The highest BCUT2D eigenvalue weighted by Gasteiger charge is 2.15. The molecule has 0 unspecified atom stereocenters. The van der Waals surface area contributed by atoms with Gasteiger partial charge in [-0.05, 0) is 35.2 Å². The van der Waals surface area contributed by atoms with E-state index in [1.807, 2.05) is 0 Å². The first-order chi connectivity index (χ1) is 8.45. The number of hydrogen-bond donors (Lipinski definition) is 1. The number of aromatic nitrogens is 1. The van der Waals surface area contributed by atoms with E-state index in [0.29, 0.717) is 0 Å². The first-order valence-electron chi connectivity index (χ1n) is 6.17. The van der Waals surface area contributed by atoms with Crippen LogP contribution in [-0.2, 0) is 5.41 Å². The van der Waals surface area contributed by atoms with Crippen LogP contribution in [0.3, 0.4) is 0 Å². The Morgan fingerprint density at radius 2 is 1.67 bits per heavy atom. The van der Waals surface area contributed by atoms with E-state index >= 15 is 0 Å². The van der Waals surface area contributed by atoms with Crippen LogP contribution in [0.1, 0.15) is 26.3 Å². The molecule has 0 spiro atoms. The quantitative estimate of drug-likeness (QED) is 0.574. The van der Waals surface area contributed by atoms with E-state index in [1.54, 1.807) is 0 Å². The zero-order valence-electron chi connectivity index (χ0n) is 10.8. The molecule has 0 aliphatic heterocycles. The molecule has 0 atom stereocenters. The highest BCUT2D eigenvalue weighted by Crippen LogP contribution is 2.31. The van der Waals surface area contributed by atoms with Crippen LogP contribution >= 0.6 is 15.9 Å². The lowest BCUT2D eigenvalue weighted by Crippen LogP contribution is -2.10. The zero-order chi connectivity index (χ0) is 12.9. The minimum absolute atomic E-state index is 0.187. The maximum Gasteiger partial charge on any atom is 0.0467 e. The SMILES string of the molecule is CC(C)(C)c1ccc2c(c1)[nH]c1ccc(Br)cc12. The molecular weight excluding hydrogens is 286 g/mol. The number of aromatic amines is 1. The molecule has 1 aromatic heterocycles. The third-order valence-electron chi connectivity index (χ3n) is 3.43. The normalized spacial score (nSPS) is 12.4. The van der Waals surface area contributed by atoms with E-state index in [1.165, 1.54) is 27.4 Å². The number of nitrogens with one attached hydrogen (secondary N) is 1. The summed E-state index contributed by atoms with van der Waals surface area (Å²) in [6.45, 7) is 6.73. The van der Waals surface area contributed by atoms with Crippen LogP contribution in [-0.4, -0.2) is 4.98 Å². The minimum atomic E-state index is 0.187. The molecule has 2 aromatic carbocycles. The van der Waals surface area contributed by atoms with Gasteiger partial charge in [-0.2, -0.15) is 0 Å². The van der Waals surface area contributed by atoms with Gasteiger partial charge in [0.15, 0.2) is 0 Å². The van der Waals surface area contributed by atoms with Crippen LogP contribution in [0.25, 0.3) is 21.8 Å². The molecule has 0 radical (unpaired) electrons. The van der Waals surface area contributed by atoms with Crippen LogP contribution in [0.4, 0.5) is 0 Å². The fraction of sp³-hybridized carbons (Fsp3) is 0.250. The lowest BCUT2D eigenvalue weighted by Gasteiger charge is -2.18. The second kappa shape index (κ2) is 3.86. The molecule has 1 N–H and O–H groups in total. The topological polar surface area (TPSA) is 15.8 Å². The molecule has 1 heterocycles. The summed E-state index contributed by atoms with van der Waals surface area (Å²) in [6.07, 6.45) is 0. The van der Waals surface area contributed by atoms with Gasteiger partial charge in [-0.1, -0.05) is 48.8 Å². The van der Waals surface area contributed by atoms with Gasteiger partial charge in [-0.15, -0.1) is 0 Å². The number of fused-ring (bicyclic) bond motifs is 3. The molecule has 3 rings (SSSR count). The lowest BCUT2D eigenvalue weighted by atomic mass is 9.86. The second-order valence-electron chi connectivity index (χ2n) is 5.83. The van der Waals surface area contributed by atoms with Crippen LogP contribution in [0.5, 0.6) is 0 Å².